The van der Waals surface area contributed by atoms with Crippen LogP contribution in [0.25, 0.3) is 22.0 Å². The van der Waals surface area contributed by atoms with Crippen molar-refractivity contribution in [1.29, 1.82) is 0 Å². The summed E-state index contributed by atoms with van der Waals surface area (Å²) in [4.78, 5) is 20.9. The molecule has 5 nitrogen and oxygen atoms in total. The molecule has 25 heavy (non-hydrogen) atoms. The average molecular weight is 359 g/mol. The lowest BCUT2D eigenvalue weighted by Gasteiger charge is -2.13. The number of rotatable bonds is 4. The van der Waals surface area contributed by atoms with Crippen LogP contribution in [0.2, 0.25) is 5.02 Å². The number of halogens is 2. The maximum absolute atomic E-state index is 13.8. The van der Waals surface area contributed by atoms with Gasteiger partial charge in [-0.2, -0.15) is 0 Å². The first-order valence-corrected chi connectivity index (χ1v) is 8.05. The van der Waals surface area contributed by atoms with Gasteiger partial charge >= 0.3 is 0 Å². The van der Waals surface area contributed by atoms with Crippen molar-refractivity contribution in [2.75, 3.05) is 12.4 Å². The van der Waals surface area contributed by atoms with E-state index in [2.05, 4.69) is 22.0 Å². The molecule has 0 aliphatic rings. The molecule has 0 radical (unpaired) electrons. The number of fused-ring (bicyclic) bond motifs is 1. The van der Waals surface area contributed by atoms with Gasteiger partial charge in [0.2, 0.25) is 0 Å². The van der Waals surface area contributed by atoms with Crippen molar-refractivity contribution in [3.8, 4) is 11.1 Å². The predicted octanol–water partition coefficient (Wildman–Crippen LogP) is 4.25. The third-order valence-electron chi connectivity index (χ3n) is 4.05. The van der Waals surface area contributed by atoms with Gasteiger partial charge in [0.15, 0.2) is 0 Å². The minimum atomic E-state index is -0.583. The number of hydrogen-bond donors (Lipinski definition) is 1. The van der Waals surface area contributed by atoms with E-state index in [0.29, 0.717) is 23.5 Å². The zero-order chi connectivity index (χ0) is 18.1. The first kappa shape index (κ1) is 17.1. The Morgan fingerprint density at radius 1 is 1.32 bits per heavy atom. The number of aromatic nitrogens is 2. The summed E-state index contributed by atoms with van der Waals surface area (Å²) in [6, 6.07) is 6.10. The lowest BCUT2D eigenvalue weighted by molar-refractivity contribution is 0.630. The highest BCUT2D eigenvalue weighted by atomic mass is 35.5. The molecule has 2 heterocycles. The highest BCUT2D eigenvalue weighted by molar-refractivity contribution is 6.33. The molecule has 0 fully saturated rings. The van der Waals surface area contributed by atoms with Gasteiger partial charge in [-0.15, -0.1) is 0 Å². The minimum Gasteiger partial charge on any atom is -0.373 e. The molecule has 0 saturated heterocycles. The third kappa shape index (κ3) is 2.89. The first-order valence-electron chi connectivity index (χ1n) is 7.67. The van der Waals surface area contributed by atoms with Crippen molar-refractivity contribution < 1.29 is 4.39 Å². The molecular formula is C18H16ClFN4O. The van der Waals surface area contributed by atoms with Gasteiger partial charge in [0, 0.05) is 42.4 Å². The van der Waals surface area contributed by atoms with Crippen LogP contribution in [-0.4, -0.2) is 23.3 Å². The lowest BCUT2D eigenvalue weighted by Crippen LogP contribution is -2.21. The smallest absolute Gasteiger partial charge is 0.258 e. The zero-order valence-corrected chi connectivity index (χ0v) is 14.6. The van der Waals surface area contributed by atoms with E-state index in [1.54, 1.807) is 23.9 Å². The quantitative estimate of drug-likeness (QED) is 0.709. The van der Waals surface area contributed by atoms with E-state index in [1.165, 1.54) is 6.07 Å². The standard InChI is InChI=1S/C18H16ClFN4O/c1-4-24-16-8-17(22-3)23-9-10(16)5-12(18(24)25)11-6-15(21-2)14(20)7-13(11)19/h5-9H,2,4H2,1,3H3,(H,22,23). The van der Waals surface area contributed by atoms with E-state index < -0.39 is 5.82 Å². The van der Waals surface area contributed by atoms with Crippen molar-refractivity contribution in [2.45, 2.75) is 13.5 Å². The maximum Gasteiger partial charge on any atom is 0.258 e. The molecule has 0 spiro atoms. The normalized spacial score (nSPS) is 10.9. The summed E-state index contributed by atoms with van der Waals surface area (Å²) in [5, 5.41) is 3.88. The van der Waals surface area contributed by atoms with Crippen molar-refractivity contribution in [3.63, 3.8) is 0 Å². The van der Waals surface area contributed by atoms with Gasteiger partial charge in [-0.1, -0.05) is 11.6 Å². The molecule has 0 aliphatic heterocycles. The van der Waals surface area contributed by atoms with Gasteiger partial charge in [-0.3, -0.25) is 9.79 Å². The number of nitrogens with one attached hydrogen (secondary N) is 1. The Kier molecular flexibility index (Phi) is 4.55. The van der Waals surface area contributed by atoms with Gasteiger partial charge in [-0.25, -0.2) is 9.37 Å². The van der Waals surface area contributed by atoms with Crippen LogP contribution < -0.4 is 10.9 Å². The second-order valence-corrected chi connectivity index (χ2v) is 5.83. The minimum absolute atomic E-state index is 0.0469. The van der Waals surface area contributed by atoms with Gasteiger partial charge < -0.3 is 9.88 Å². The Hall–Kier alpha value is -2.73. The van der Waals surface area contributed by atoms with Crippen molar-refractivity contribution in [3.05, 3.63) is 51.7 Å². The van der Waals surface area contributed by atoms with Gasteiger partial charge in [-0.05, 0) is 31.8 Å². The van der Waals surface area contributed by atoms with Crippen molar-refractivity contribution >= 4 is 40.7 Å². The number of aryl methyl sites for hydroxylation is 1. The summed E-state index contributed by atoms with van der Waals surface area (Å²) in [5.74, 6) is 0.0838. The monoisotopic (exact) mass is 358 g/mol. The molecule has 7 heteroatoms. The van der Waals surface area contributed by atoms with E-state index in [-0.39, 0.29) is 16.3 Å². The molecule has 3 aromatic rings. The summed E-state index contributed by atoms with van der Waals surface area (Å²) in [6.45, 7) is 5.70. The largest absolute Gasteiger partial charge is 0.373 e. The van der Waals surface area contributed by atoms with Crippen LogP contribution in [-0.2, 0) is 6.54 Å². The third-order valence-corrected chi connectivity index (χ3v) is 4.36. The second kappa shape index (κ2) is 6.64. The van der Waals surface area contributed by atoms with Gasteiger partial charge in [0.05, 0.1) is 16.2 Å². The molecule has 0 aliphatic carbocycles. The summed E-state index contributed by atoms with van der Waals surface area (Å²) in [6.07, 6.45) is 1.68. The van der Waals surface area contributed by atoms with Crippen molar-refractivity contribution in [1.82, 2.24) is 9.55 Å². The van der Waals surface area contributed by atoms with Crippen LogP contribution in [0, 0.1) is 5.82 Å². The lowest BCUT2D eigenvalue weighted by atomic mass is 10.0. The fraction of sp³-hybridized carbons (Fsp3) is 0.167. The Bertz CT molecular complexity index is 1050. The number of pyridine rings is 2. The van der Waals surface area contributed by atoms with Gasteiger partial charge in [0.1, 0.15) is 11.6 Å². The summed E-state index contributed by atoms with van der Waals surface area (Å²) < 4.78 is 15.4. The Morgan fingerprint density at radius 2 is 2.08 bits per heavy atom. The highest BCUT2D eigenvalue weighted by Crippen LogP contribution is 2.33. The topological polar surface area (TPSA) is 59.3 Å². The summed E-state index contributed by atoms with van der Waals surface area (Å²) >= 11 is 6.18. The molecule has 128 valence electrons. The van der Waals surface area contributed by atoms with Gasteiger partial charge in [0.25, 0.3) is 5.56 Å². The predicted molar refractivity (Wildman–Crippen MR) is 101 cm³/mol. The van der Waals surface area contributed by atoms with Crippen LogP contribution in [0.15, 0.2) is 40.2 Å². The number of nitrogens with zero attached hydrogens (tertiary/aromatic N) is 3. The van der Waals surface area contributed by atoms with E-state index in [0.717, 1.165) is 17.0 Å². The van der Waals surface area contributed by atoms with Crippen LogP contribution in [0.1, 0.15) is 6.92 Å². The summed E-state index contributed by atoms with van der Waals surface area (Å²) in [5.41, 5.74) is 1.37. The average Bonchev–Trinajstić information content (AvgIpc) is 2.61. The first-order chi connectivity index (χ1) is 12.0. The fourth-order valence-corrected chi connectivity index (χ4v) is 3.03. The maximum atomic E-state index is 13.8. The zero-order valence-electron chi connectivity index (χ0n) is 13.8. The van der Waals surface area contributed by atoms with E-state index in [4.69, 9.17) is 11.6 Å². The van der Waals surface area contributed by atoms with Crippen LogP contribution in [0.5, 0.6) is 0 Å². The number of anilines is 1. The SMILES string of the molecule is C=Nc1cc(-c2cc3cnc(NC)cc3n(CC)c2=O)c(Cl)cc1F. The van der Waals surface area contributed by atoms with Crippen LogP contribution >= 0.6 is 11.6 Å². The molecular weight excluding hydrogens is 343 g/mol. The Balaban J connectivity index is 2.37. The van der Waals surface area contributed by atoms with E-state index in [1.807, 2.05) is 13.0 Å². The number of hydrogen-bond acceptors (Lipinski definition) is 4. The molecule has 1 N–H and O–H groups in total. The highest BCUT2D eigenvalue weighted by Gasteiger charge is 2.16. The van der Waals surface area contributed by atoms with E-state index in [9.17, 15) is 9.18 Å². The molecule has 0 bridgehead atoms. The molecule has 0 amide bonds. The fourth-order valence-electron chi connectivity index (χ4n) is 2.78. The second-order valence-electron chi connectivity index (χ2n) is 5.43. The molecule has 1 aromatic carbocycles. The van der Waals surface area contributed by atoms with Crippen LogP contribution in [0.4, 0.5) is 15.9 Å². The molecule has 0 unspecified atom stereocenters. The molecule has 2 aromatic heterocycles. The van der Waals surface area contributed by atoms with Crippen molar-refractivity contribution in [2.24, 2.45) is 4.99 Å². The molecule has 0 saturated carbocycles. The number of benzene rings is 1. The summed E-state index contributed by atoms with van der Waals surface area (Å²) in [7, 11) is 1.76. The number of aliphatic imine (C=N–C) groups is 1. The van der Waals surface area contributed by atoms with E-state index >= 15 is 0 Å². The molecule has 0 atom stereocenters. The Morgan fingerprint density at radius 3 is 2.72 bits per heavy atom. The molecule has 3 rings (SSSR count). The Labute approximate surface area is 148 Å². The van der Waals surface area contributed by atoms with Crippen LogP contribution in [0.3, 0.4) is 0 Å².